The van der Waals surface area contributed by atoms with Gasteiger partial charge in [0.15, 0.2) is 0 Å². The number of rotatable bonds is 4. The van der Waals surface area contributed by atoms with E-state index >= 15 is 0 Å². The molecule has 4 rings (SSSR count). The largest absolute Gasteiger partial charge is 0.314 e. The highest BCUT2D eigenvalue weighted by Gasteiger charge is 2.29. The number of nitrogens with zero attached hydrogens (tertiary/aromatic N) is 1. The van der Waals surface area contributed by atoms with Crippen molar-refractivity contribution >= 4 is 17.7 Å². The van der Waals surface area contributed by atoms with Crippen molar-refractivity contribution in [1.29, 1.82) is 0 Å². The highest BCUT2D eigenvalue weighted by molar-refractivity contribution is 6.01. The molecule has 2 aliphatic rings. The van der Waals surface area contributed by atoms with Gasteiger partial charge in [0.05, 0.1) is 12.5 Å². The number of piperidine rings is 1. The Kier molecular flexibility index (Phi) is 5.61. The van der Waals surface area contributed by atoms with Gasteiger partial charge in [0, 0.05) is 20.5 Å². The Hall–Kier alpha value is -3.47. The summed E-state index contributed by atoms with van der Waals surface area (Å²) in [6.45, 7) is 2.56. The average Bonchev–Trinajstić information content (AvgIpc) is 2.94. The first-order valence-corrected chi connectivity index (χ1v) is 10.2. The summed E-state index contributed by atoms with van der Waals surface area (Å²) in [5.74, 6) is -0.631. The minimum absolute atomic E-state index is 0. The predicted molar refractivity (Wildman–Crippen MR) is 117 cm³/mol. The van der Waals surface area contributed by atoms with Gasteiger partial charge in [-0.2, -0.15) is 0 Å². The van der Waals surface area contributed by atoms with Gasteiger partial charge in [-0.05, 0) is 47.2 Å². The molecular formula is C25H26N2O3. The molecule has 1 N–H and O–H groups in total. The molecule has 0 aliphatic carbocycles. The van der Waals surface area contributed by atoms with E-state index in [1.54, 1.807) is 4.90 Å². The second-order valence-electron chi connectivity index (χ2n) is 7.72. The monoisotopic (exact) mass is 402 g/mol. The maximum atomic E-state index is 12.3. The summed E-state index contributed by atoms with van der Waals surface area (Å²) in [6, 6.07) is 14.2. The quantitative estimate of drug-likeness (QED) is 0.779. The highest BCUT2D eigenvalue weighted by atomic mass is 16.2. The molecule has 0 saturated carbocycles. The molecular weight excluding hydrogens is 376 g/mol. The molecule has 1 saturated heterocycles. The molecule has 30 heavy (non-hydrogen) atoms. The van der Waals surface area contributed by atoms with E-state index in [2.05, 4.69) is 17.4 Å². The second kappa shape index (κ2) is 8.49. The number of carbonyl (C=O) groups is 3. The fourth-order valence-electron chi connectivity index (χ4n) is 4.06. The number of carbonyl (C=O) groups excluding carboxylic acids is 3. The first-order valence-electron chi connectivity index (χ1n) is 10.2. The standard InChI is InChI=1S/C25H24N2O3.H2/c1-17-20(6-5-7-21(17)22-13-14-23(28)26-25(22)30)19-11-9-18(10-12-19)16-27-15-4-2-3-8-24(27)29;/h2-7,9-12,15,22H,8,13-14,16H2,1H3,(H,26,28,30);1H. The summed E-state index contributed by atoms with van der Waals surface area (Å²) in [7, 11) is 0. The van der Waals surface area contributed by atoms with E-state index in [1.165, 1.54) is 0 Å². The topological polar surface area (TPSA) is 66.5 Å². The molecule has 2 heterocycles. The number of amides is 3. The summed E-state index contributed by atoms with van der Waals surface area (Å²) in [5.41, 5.74) is 5.20. The van der Waals surface area contributed by atoms with Gasteiger partial charge >= 0.3 is 0 Å². The van der Waals surface area contributed by atoms with Gasteiger partial charge in [-0.25, -0.2) is 0 Å². The number of benzene rings is 2. The lowest BCUT2D eigenvalue weighted by molar-refractivity contribution is -0.134. The lowest BCUT2D eigenvalue weighted by atomic mass is 9.85. The van der Waals surface area contributed by atoms with E-state index in [9.17, 15) is 14.4 Å². The van der Waals surface area contributed by atoms with Crippen LogP contribution in [0.15, 0.2) is 66.9 Å². The molecule has 1 unspecified atom stereocenters. The van der Waals surface area contributed by atoms with E-state index in [0.717, 1.165) is 27.8 Å². The molecule has 2 aromatic rings. The van der Waals surface area contributed by atoms with Crippen molar-refractivity contribution < 1.29 is 15.8 Å². The van der Waals surface area contributed by atoms with Crippen LogP contribution >= 0.6 is 0 Å². The van der Waals surface area contributed by atoms with Crippen molar-refractivity contribution in [1.82, 2.24) is 10.2 Å². The third-order valence-corrected chi connectivity index (χ3v) is 5.73. The molecule has 2 aromatic carbocycles. The van der Waals surface area contributed by atoms with Crippen LogP contribution in [0, 0.1) is 6.92 Å². The summed E-state index contributed by atoms with van der Waals surface area (Å²) >= 11 is 0. The zero-order valence-electron chi connectivity index (χ0n) is 16.9. The third-order valence-electron chi connectivity index (χ3n) is 5.73. The van der Waals surface area contributed by atoms with Crippen molar-refractivity contribution in [2.75, 3.05) is 0 Å². The molecule has 2 aliphatic heterocycles. The molecule has 5 nitrogen and oxygen atoms in total. The van der Waals surface area contributed by atoms with Crippen molar-refractivity contribution in [2.45, 2.75) is 38.6 Å². The minimum atomic E-state index is -0.295. The maximum Gasteiger partial charge on any atom is 0.234 e. The number of allylic oxidation sites excluding steroid dienone is 2. The van der Waals surface area contributed by atoms with Gasteiger partial charge in [-0.1, -0.05) is 54.6 Å². The van der Waals surface area contributed by atoms with Gasteiger partial charge in [0.2, 0.25) is 17.7 Å². The van der Waals surface area contributed by atoms with Crippen LogP contribution in [0.4, 0.5) is 0 Å². The summed E-state index contributed by atoms with van der Waals surface area (Å²) in [5, 5.41) is 2.45. The van der Waals surface area contributed by atoms with Crippen LogP contribution in [0.5, 0.6) is 0 Å². The van der Waals surface area contributed by atoms with E-state index in [4.69, 9.17) is 0 Å². The number of hydrogen-bond acceptors (Lipinski definition) is 3. The van der Waals surface area contributed by atoms with Gasteiger partial charge in [-0.15, -0.1) is 0 Å². The Bertz CT molecular complexity index is 1060. The number of hydrogen-bond donors (Lipinski definition) is 1. The van der Waals surface area contributed by atoms with E-state index in [0.29, 0.717) is 25.8 Å². The van der Waals surface area contributed by atoms with Crippen LogP contribution in [-0.4, -0.2) is 22.6 Å². The summed E-state index contributed by atoms with van der Waals surface area (Å²) in [4.78, 5) is 37.7. The Morgan fingerprint density at radius 1 is 1.07 bits per heavy atom. The lowest BCUT2D eigenvalue weighted by Crippen LogP contribution is -2.39. The van der Waals surface area contributed by atoms with Crippen molar-refractivity contribution in [3.05, 3.63) is 83.6 Å². The number of nitrogens with one attached hydrogen (secondary N) is 1. The maximum absolute atomic E-state index is 12.3. The van der Waals surface area contributed by atoms with Gasteiger partial charge in [0.1, 0.15) is 0 Å². The van der Waals surface area contributed by atoms with Crippen molar-refractivity contribution in [3.8, 4) is 11.1 Å². The normalized spacial score (nSPS) is 19.0. The Balaban J connectivity index is 0.00000272. The van der Waals surface area contributed by atoms with Crippen LogP contribution < -0.4 is 5.32 Å². The average molecular weight is 402 g/mol. The van der Waals surface area contributed by atoms with Crippen LogP contribution in [-0.2, 0) is 20.9 Å². The molecule has 3 amide bonds. The molecule has 1 fully saturated rings. The molecule has 0 spiro atoms. The van der Waals surface area contributed by atoms with Crippen LogP contribution in [0.3, 0.4) is 0 Å². The molecule has 154 valence electrons. The minimum Gasteiger partial charge on any atom is -0.314 e. The first-order chi connectivity index (χ1) is 14.5. The smallest absolute Gasteiger partial charge is 0.234 e. The van der Waals surface area contributed by atoms with Crippen molar-refractivity contribution in [3.63, 3.8) is 0 Å². The predicted octanol–water partition coefficient (Wildman–Crippen LogP) is 4.23. The summed E-state index contributed by atoms with van der Waals surface area (Å²) in [6.07, 6.45) is 8.77. The fraction of sp³-hybridized carbons (Fsp3) is 0.240. The molecule has 1 atom stereocenters. The fourth-order valence-corrected chi connectivity index (χ4v) is 4.06. The Labute approximate surface area is 177 Å². The Morgan fingerprint density at radius 3 is 2.63 bits per heavy atom. The van der Waals surface area contributed by atoms with E-state index in [1.807, 2.05) is 61.7 Å². The molecule has 0 aromatic heterocycles. The molecule has 5 heteroatoms. The van der Waals surface area contributed by atoms with Crippen molar-refractivity contribution in [2.24, 2.45) is 0 Å². The van der Waals surface area contributed by atoms with E-state index < -0.39 is 0 Å². The summed E-state index contributed by atoms with van der Waals surface area (Å²) < 4.78 is 0. The molecule has 0 bridgehead atoms. The zero-order valence-corrected chi connectivity index (χ0v) is 16.9. The van der Waals surface area contributed by atoms with Gasteiger partial charge in [-0.3, -0.25) is 19.7 Å². The SMILES string of the molecule is Cc1c(-c2ccc(CN3C=CC=CCC3=O)cc2)cccc1C1CCC(=O)NC1=O.[HH]. The van der Waals surface area contributed by atoms with Gasteiger partial charge < -0.3 is 4.90 Å². The van der Waals surface area contributed by atoms with Crippen LogP contribution in [0.1, 0.15) is 43.3 Å². The highest BCUT2D eigenvalue weighted by Crippen LogP contribution is 2.33. The second-order valence-corrected chi connectivity index (χ2v) is 7.72. The molecule has 0 radical (unpaired) electrons. The van der Waals surface area contributed by atoms with E-state index in [-0.39, 0.29) is 25.1 Å². The Morgan fingerprint density at radius 2 is 1.87 bits per heavy atom. The van der Waals surface area contributed by atoms with Crippen LogP contribution in [0.25, 0.3) is 11.1 Å². The van der Waals surface area contributed by atoms with Gasteiger partial charge in [0.25, 0.3) is 0 Å². The first kappa shape index (κ1) is 19.8. The third kappa shape index (κ3) is 4.10. The zero-order chi connectivity index (χ0) is 21.1. The lowest BCUT2D eigenvalue weighted by Gasteiger charge is -2.24. The van der Waals surface area contributed by atoms with Crippen LogP contribution in [0.2, 0.25) is 0 Å². The number of imide groups is 1.